The van der Waals surface area contributed by atoms with Crippen LogP contribution in [0.4, 0.5) is 23.2 Å². The van der Waals surface area contributed by atoms with Crippen molar-refractivity contribution in [1.29, 1.82) is 0 Å². The van der Waals surface area contributed by atoms with Gasteiger partial charge in [-0.25, -0.2) is 13.8 Å². The Bertz CT molecular complexity index is 1710. The molecular formula is C30H29F4N5O5. The second kappa shape index (κ2) is 12.8. The fourth-order valence-corrected chi connectivity index (χ4v) is 5.19. The Kier molecular flexibility index (Phi) is 8.90. The number of ether oxygens (including phenoxy) is 3. The first-order chi connectivity index (χ1) is 21.1. The minimum atomic E-state index is -3.06. The van der Waals surface area contributed by atoms with Crippen LogP contribution in [0.5, 0.6) is 17.2 Å². The van der Waals surface area contributed by atoms with Gasteiger partial charge in [-0.1, -0.05) is 0 Å². The Balaban J connectivity index is 1.66. The second-order valence-electron chi connectivity index (χ2n) is 10.0. The van der Waals surface area contributed by atoms with Crippen molar-refractivity contribution in [1.82, 2.24) is 19.7 Å². The van der Waals surface area contributed by atoms with Gasteiger partial charge in [-0.15, -0.1) is 0 Å². The monoisotopic (exact) mass is 615 g/mol. The maximum Gasteiger partial charge on any atom is 0.387 e. The maximum absolute atomic E-state index is 15.4. The Labute approximate surface area is 249 Å². The van der Waals surface area contributed by atoms with E-state index >= 15 is 8.78 Å². The number of carbonyl (C=O) groups excluding carboxylic acids is 1. The van der Waals surface area contributed by atoms with Crippen LogP contribution in [-0.4, -0.2) is 54.2 Å². The van der Waals surface area contributed by atoms with E-state index in [1.165, 1.54) is 44.1 Å². The molecule has 0 spiro atoms. The first-order valence-corrected chi connectivity index (χ1v) is 13.6. The lowest BCUT2D eigenvalue weighted by Crippen LogP contribution is -2.28. The lowest BCUT2D eigenvalue weighted by atomic mass is 9.94. The molecule has 2 N–H and O–H groups in total. The number of piperidine rings is 1. The number of nitrogens with one attached hydrogen (secondary N) is 2. The number of methoxy groups -OCH3 is 2. The lowest BCUT2D eigenvalue weighted by molar-refractivity contribution is -0.0498. The topological polar surface area (TPSA) is 109 Å². The highest BCUT2D eigenvalue weighted by atomic mass is 19.3. The molecule has 0 saturated carbocycles. The first kappa shape index (κ1) is 30.6. The van der Waals surface area contributed by atoms with Crippen LogP contribution in [0.3, 0.4) is 0 Å². The molecule has 1 aliphatic heterocycles. The third-order valence-corrected chi connectivity index (χ3v) is 7.35. The summed E-state index contributed by atoms with van der Waals surface area (Å²) >= 11 is 0. The predicted molar refractivity (Wildman–Crippen MR) is 153 cm³/mol. The van der Waals surface area contributed by atoms with Crippen LogP contribution in [-0.2, 0) is 7.05 Å². The van der Waals surface area contributed by atoms with Crippen molar-refractivity contribution < 1.29 is 36.6 Å². The lowest BCUT2D eigenvalue weighted by Gasteiger charge is -2.23. The number of hydrogen-bond donors (Lipinski definition) is 2. The molecule has 0 aliphatic carbocycles. The summed E-state index contributed by atoms with van der Waals surface area (Å²) in [7, 11) is 4.12. The molecule has 2 aromatic carbocycles. The number of benzene rings is 2. The van der Waals surface area contributed by atoms with E-state index < -0.39 is 41.0 Å². The van der Waals surface area contributed by atoms with E-state index in [1.54, 1.807) is 6.07 Å². The highest BCUT2D eigenvalue weighted by Crippen LogP contribution is 2.35. The Morgan fingerprint density at radius 3 is 2.18 bits per heavy atom. The summed E-state index contributed by atoms with van der Waals surface area (Å²) in [5.74, 6) is -2.62. The SMILES string of the molecule is COc1cc(C2CCNCC2)nc(-n2c(=O)c(NC(=O)c3ccc(OC(F)F)cc3)c(-c3c(F)cc(OC)cc3F)n2C)c1. The van der Waals surface area contributed by atoms with Crippen molar-refractivity contribution in [3.63, 3.8) is 0 Å². The van der Waals surface area contributed by atoms with Gasteiger partial charge in [0.05, 0.1) is 19.8 Å². The summed E-state index contributed by atoms with van der Waals surface area (Å²) in [6, 6.07) is 9.90. The first-order valence-electron chi connectivity index (χ1n) is 13.6. The molecule has 0 unspecified atom stereocenters. The van der Waals surface area contributed by atoms with E-state index in [1.807, 2.05) is 0 Å². The average Bonchev–Trinajstić information content (AvgIpc) is 3.25. The van der Waals surface area contributed by atoms with Gasteiger partial charge in [-0.05, 0) is 50.2 Å². The highest BCUT2D eigenvalue weighted by Gasteiger charge is 2.29. The molecule has 44 heavy (non-hydrogen) atoms. The number of hydrogen-bond acceptors (Lipinski definition) is 7. The van der Waals surface area contributed by atoms with Gasteiger partial charge >= 0.3 is 6.61 Å². The van der Waals surface area contributed by atoms with E-state index in [0.717, 1.165) is 54.9 Å². The summed E-state index contributed by atoms with van der Waals surface area (Å²) < 4.78 is 73.1. The van der Waals surface area contributed by atoms with E-state index in [9.17, 15) is 18.4 Å². The Morgan fingerprint density at radius 1 is 0.977 bits per heavy atom. The van der Waals surface area contributed by atoms with Crippen molar-refractivity contribution in [2.24, 2.45) is 7.05 Å². The minimum absolute atomic E-state index is 0.0317. The summed E-state index contributed by atoms with van der Waals surface area (Å²) in [5, 5.41) is 5.75. The summed E-state index contributed by atoms with van der Waals surface area (Å²) in [6.45, 7) is -1.49. The van der Waals surface area contributed by atoms with E-state index in [-0.39, 0.29) is 34.5 Å². The molecule has 1 amide bonds. The Morgan fingerprint density at radius 2 is 1.59 bits per heavy atom. The molecular weight excluding hydrogens is 586 g/mol. The number of nitrogens with zero attached hydrogens (tertiary/aromatic N) is 3. The zero-order chi connectivity index (χ0) is 31.5. The maximum atomic E-state index is 15.4. The quantitative estimate of drug-likeness (QED) is 0.259. The number of aromatic nitrogens is 3. The molecule has 0 bridgehead atoms. The van der Waals surface area contributed by atoms with Crippen LogP contribution in [0.25, 0.3) is 17.1 Å². The number of rotatable bonds is 9. The zero-order valence-electron chi connectivity index (χ0n) is 24.0. The molecule has 1 fully saturated rings. The number of amides is 1. The van der Waals surface area contributed by atoms with Crippen molar-refractivity contribution in [2.75, 3.05) is 32.6 Å². The molecule has 232 valence electrons. The van der Waals surface area contributed by atoms with Gasteiger partial charge in [0.2, 0.25) is 0 Å². The third-order valence-electron chi connectivity index (χ3n) is 7.35. The number of carbonyl (C=O) groups is 1. The minimum Gasteiger partial charge on any atom is -0.497 e. The van der Waals surface area contributed by atoms with Gasteiger partial charge in [0.25, 0.3) is 11.5 Å². The number of halogens is 4. The summed E-state index contributed by atoms with van der Waals surface area (Å²) in [4.78, 5) is 32.0. The van der Waals surface area contributed by atoms with Crippen LogP contribution >= 0.6 is 0 Å². The predicted octanol–water partition coefficient (Wildman–Crippen LogP) is 4.85. The molecule has 0 atom stereocenters. The van der Waals surface area contributed by atoms with E-state index in [0.29, 0.717) is 11.4 Å². The fraction of sp³-hybridized carbons (Fsp3) is 0.300. The molecule has 3 heterocycles. The van der Waals surface area contributed by atoms with Gasteiger partial charge in [0.1, 0.15) is 40.3 Å². The van der Waals surface area contributed by atoms with Crippen molar-refractivity contribution in [3.05, 3.63) is 81.8 Å². The number of alkyl halides is 2. The van der Waals surface area contributed by atoms with Crippen molar-refractivity contribution in [3.8, 4) is 34.3 Å². The van der Waals surface area contributed by atoms with Gasteiger partial charge in [-0.2, -0.15) is 13.5 Å². The molecule has 1 saturated heterocycles. The number of pyridine rings is 1. The van der Waals surface area contributed by atoms with Gasteiger partial charge < -0.3 is 24.8 Å². The molecule has 2 aromatic heterocycles. The standard InChI is InChI=1S/C30H29F4N5O5/c1-38-27(25-21(31)12-19(42-2)13-22(25)32)26(37-28(40)17-4-6-18(7-5-17)44-30(33)34)29(41)39(38)24-15-20(43-3)14-23(36-24)16-8-10-35-11-9-16/h4-7,12-16,30,35H,8-11H2,1-3H3,(H,37,40). The summed E-state index contributed by atoms with van der Waals surface area (Å²) in [5.41, 5.74) is -1.51. The molecule has 4 aromatic rings. The van der Waals surface area contributed by atoms with E-state index in [2.05, 4.69) is 15.4 Å². The molecule has 10 nitrogen and oxygen atoms in total. The van der Waals surface area contributed by atoms with Crippen molar-refractivity contribution >= 4 is 11.6 Å². The Hall–Kier alpha value is -4.85. The van der Waals surface area contributed by atoms with E-state index in [4.69, 9.17) is 14.5 Å². The third kappa shape index (κ3) is 6.11. The number of anilines is 1. The smallest absolute Gasteiger partial charge is 0.387 e. The second-order valence-corrected chi connectivity index (χ2v) is 10.0. The van der Waals surface area contributed by atoms with Crippen LogP contribution in [0.1, 0.15) is 34.8 Å². The highest BCUT2D eigenvalue weighted by molar-refractivity contribution is 6.06. The van der Waals surface area contributed by atoms with Crippen LogP contribution in [0.15, 0.2) is 53.3 Å². The molecule has 5 rings (SSSR count). The largest absolute Gasteiger partial charge is 0.497 e. The molecule has 1 aliphatic rings. The van der Waals surface area contributed by atoms with Crippen LogP contribution in [0, 0.1) is 11.6 Å². The fourth-order valence-electron chi connectivity index (χ4n) is 5.19. The summed E-state index contributed by atoms with van der Waals surface area (Å²) in [6.07, 6.45) is 1.61. The van der Waals surface area contributed by atoms with Crippen LogP contribution in [0.2, 0.25) is 0 Å². The zero-order valence-corrected chi connectivity index (χ0v) is 24.0. The van der Waals surface area contributed by atoms with Gasteiger partial charge in [0, 0.05) is 48.5 Å². The van der Waals surface area contributed by atoms with Gasteiger partial charge in [0.15, 0.2) is 5.82 Å². The normalized spacial score (nSPS) is 13.6. The van der Waals surface area contributed by atoms with Crippen LogP contribution < -0.4 is 30.4 Å². The molecule has 14 heteroatoms. The molecule has 0 radical (unpaired) electrons. The van der Waals surface area contributed by atoms with Crippen molar-refractivity contribution in [2.45, 2.75) is 25.4 Å². The average molecular weight is 616 g/mol. The van der Waals surface area contributed by atoms with Gasteiger partial charge in [-0.3, -0.25) is 14.3 Å².